The monoisotopic (exact) mass is 372 g/mol. The van der Waals surface area contributed by atoms with Crippen molar-refractivity contribution in [2.45, 2.75) is 58.7 Å². The van der Waals surface area contributed by atoms with Crippen LogP contribution >= 0.6 is 0 Å². The smallest absolute Gasteiger partial charge is 0.217 e. The highest BCUT2D eigenvalue weighted by atomic mass is 16.7. The molecule has 0 atom stereocenters. The van der Waals surface area contributed by atoms with Crippen LogP contribution in [-0.4, -0.2) is 19.8 Å². The average Bonchev–Trinajstić information content (AvgIpc) is 3.20. The molecule has 2 heterocycles. The van der Waals surface area contributed by atoms with Crippen LogP contribution in [0.2, 0.25) is 0 Å². The fourth-order valence-electron chi connectivity index (χ4n) is 3.24. The van der Waals surface area contributed by atoms with Crippen molar-refractivity contribution in [1.82, 2.24) is 0 Å². The minimum absolute atomic E-state index is 0.391. The summed E-state index contributed by atoms with van der Waals surface area (Å²) in [6, 6.07) is 11.9. The van der Waals surface area contributed by atoms with Gasteiger partial charge in [0.25, 0.3) is 0 Å². The predicted molar refractivity (Wildman–Crippen MR) is 107 cm³/mol. The maximum absolute atomic E-state index is 5.99. The highest BCUT2D eigenvalue weighted by Gasteiger charge is 2.25. The zero-order chi connectivity index (χ0) is 18.9. The van der Waals surface area contributed by atoms with Crippen molar-refractivity contribution in [3.05, 3.63) is 42.2 Å². The molecule has 0 amide bonds. The molecule has 0 bridgehead atoms. The molecule has 1 aromatic heterocycles. The van der Waals surface area contributed by atoms with Gasteiger partial charge < -0.3 is 18.6 Å². The molecule has 1 aliphatic heterocycles. The molecule has 1 saturated heterocycles. The third-order valence-electron chi connectivity index (χ3n) is 4.95. The minimum Gasteiger partial charge on any atom is -0.494 e. The van der Waals surface area contributed by atoms with Gasteiger partial charge >= 0.3 is 0 Å². The van der Waals surface area contributed by atoms with Gasteiger partial charge in [-0.3, -0.25) is 0 Å². The molecule has 27 heavy (non-hydrogen) atoms. The van der Waals surface area contributed by atoms with Crippen LogP contribution in [-0.2, 0) is 9.47 Å². The van der Waals surface area contributed by atoms with Gasteiger partial charge in [0.1, 0.15) is 11.5 Å². The van der Waals surface area contributed by atoms with E-state index in [-0.39, 0.29) is 0 Å². The standard InChI is InChI=1S/C23H32O4/c1-3-5-7-8-18-16-25-23(26-17-18)22-14-13-21(27-22)19-9-11-20(12-10-19)24-15-6-4-2/h9-14,18,23H,3-8,15-17H2,1-2H3. The van der Waals surface area contributed by atoms with E-state index < -0.39 is 6.29 Å². The van der Waals surface area contributed by atoms with E-state index in [1.807, 2.05) is 36.4 Å². The third kappa shape index (κ3) is 5.85. The van der Waals surface area contributed by atoms with E-state index in [1.165, 1.54) is 25.7 Å². The lowest BCUT2D eigenvalue weighted by Crippen LogP contribution is -2.26. The predicted octanol–water partition coefficient (Wildman–Crippen LogP) is 6.37. The number of hydrogen-bond donors (Lipinski definition) is 0. The lowest BCUT2D eigenvalue weighted by Gasteiger charge is -2.28. The molecule has 0 unspecified atom stereocenters. The van der Waals surface area contributed by atoms with Crippen molar-refractivity contribution in [3.8, 4) is 17.1 Å². The number of rotatable bonds is 10. The van der Waals surface area contributed by atoms with E-state index in [9.17, 15) is 0 Å². The summed E-state index contributed by atoms with van der Waals surface area (Å²) in [5.41, 5.74) is 1.03. The Kier molecular flexibility index (Phi) is 7.79. The summed E-state index contributed by atoms with van der Waals surface area (Å²) in [7, 11) is 0. The van der Waals surface area contributed by atoms with Gasteiger partial charge in [-0.25, -0.2) is 0 Å². The Hall–Kier alpha value is -1.78. The Labute approximate surface area is 162 Å². The first-order chi connectivity index (χ1) is 13.3. The molecule has 0 radical (unpaired) electrons. The van der Waals surface area contributed by atoms with E-state index in [0.717, 1.165) is 55.5 Å². The van der Waals surface area contributed by atoms with Crippen LogP contribution < -0.4 is 4.74 Å². The van der Waals surface area contributed by atoms with E-state index in [0.29, 0.717) is 5.92 Å². The van der Waals surface area contributed by atoms with E-state index in [1.54, 1.807) is 0 Å². The summed E-state index contributed by atoms with van der Waals surface area (Å²) < 4.78 is 23.5. The first-order valence-corrected chi connectivity index (χ1v) is 10.4. The SMILES string of the molecule is CCCCCC1COC(c2ccc(-c3ccc(OCCCC)cc3)o2)OC1. The Morgan fingerprint density at radius 1 is 0.889 bits per heavy atom. The van der Waals surface area contributed by atoms with Crippen molar-refractivity contribution < 1.29 is 18.6 Å². The number of hydrogen-bond acceptors (Lipinski definition) is 4. The second-order valence-corrected chi connectivity index (χ2v) is 7.29. The summed E-state index contributed by atoms with van der Waals surface area (Å²) in [4.78, 5) is 0. The van der Waals surface area contributed by atoms with Crippen LogP contribution in [0.5, 0.6) is 5.75 Å². The third-order valence-corrected chi connectivity index (χ3v) is 4.95. The van der Waals surface area contributed by atoms with Gasteiger partial charge in [0.05, 0.1) is 19.8 Å². The molecule has 0 N–H and O–H groups in total. The van der Waals surface area contributed by atoms with Gasteiger partial charge in [0.2, 0.25) is 6.29 Å². The molecule has 1 aliphatic rings. The summed E-state index contributed by atoms with van der Waals surface area (Å²) in [5.74, 6) is 2.96. The molecular weight excluding hydrogens is 340 g/mol. The van der Waals surface area contributed by atoms with Crippen molar-refractivity contribution in [2.24, 2.45) is 5.92 Å². The lowest BCUT2D eigenvalue weighted by atomic mass is 10.0. The maximum atomic E-state index is 5.99. The highest BCUT2D eigenvalue weighted by Crippen LogP contribution is 2.32. The van der Waals surface area contributed by atoms with Gasteiger partial charge in [-0.05, 0) is 49.2 Å². The van der Waals surface area contributed by atoms with Gasteiger partial charge in [-0.2, -0.15) is 0 Å². The van der Waals surface area contributed by atoms with Crippen LogP contribution in [0.1, 0.15) is 64.4 Å². The molecule has 2 aromatic rings. The molecule has 4 nitrogen and oxygen atoms in total. The molecule has 1 fully saturated rings. The van der Waals surface area contributed by atoms with Crippen LogP contribution in [0.15, 0.2) is 40.8 Å². The van der Waals surface area contributed by atoms with Crippen LogP contribution in [0, 0.1) is 5.92 Å². The summed E-state index contributed by atoms with van der Waals surface area (Å²) in [5, 5.41) is 0. The first-order valence-electron chi connectivity index (χ1n) is 10.4. The molecular formula is C23H32O4. The molecule has 4 heteroatoms. The molecule has 0 saturated carbocycles. The minimum atomic E-state index is -0.391. The fraction of sp³-hybridized carbons (Fsp3) is 0.565. The first kappa shape index (κ1) is 20.0. The van der Waals surface area contributed by atoms with E-state index >= 15 is 0 Å². The molecule has 3 rings (SSSR count). The molecule has 1 aromatic carbocycles. The fourth-order valence-corrected chi connectivity index (χ4v) is 3.24. The van der Waals surface area contributed by atoms with Crippen molar-refractivity contribution in [2.75, 3.05) is 19.8 Å². The van der Waals surface area contributed by atoms with Gasteiger partial charge in [-0.15, -0.1) is 0 Å². The topological polar surface area (TPSA) is 40.8 Å². The normalized spacial score (nSPS) is 19.9. The summed E-state index contributed by atoms with van der Waals surface area (Å²) in [6.45, 7) is 6.64. The largest absolute Gasteiger partial charge is 0.494 e. The van der Waals surface area contributed by atoms with Crippen molar-refractivity contribution >= 4 is 0 Å². The van der Waals surface area contributed by atoms with Crippen LogP contribution in [0.25, 0.3) is 11.3 Å². The van der Waals surface area contributed by atoms with Crippen molar-refractivity contribution in [1.29, 1.82) is 0 Å². The second kappa shape index (κ2) is 10.5. The van der Waals surface area contributed by atoms with E-state index in [4.69, 9.17) is 18.6 Å². The van der Waals surface area contributed by atoms with Gasteiger partial charge in [0, 0.05) is 11.5 Å². The Balaban J connectivity index is 1.51. The summed E-state index contributed by atoms with van der Waals surface area (Å²) in [6.07, 6.45) is 6.78. The lowest BCUT2D eigenvalue weighted by molar-refractivity contribution is -0.213. The van der Waals surface area contributed by atoms with Gasteiger partial charge in [-0.1, -0.05) is 39.5 Å². The van der Waals surface area contributed by atoms with Gasteiger partial charge in [0.15, 0.2) is 5.76 Å². The Bertz CT molecular complexity index is 653. The number of furan rings is 1. The van der Waals surface area contributed by atoms with E-state index in [2.05, 4.69) is 13.8 Å². The quantitative estimate of drug-likeness (QED) is 0.455. The zero-order valence-electron chi connectivity index (χ0n) is 16.6. The highest BCUT2D eigenvalue weighted by molar-refractivity contribution is 5.58. The van der Waals surface area contributed by atoms with Crippen LogP contribution in [0.4, 0.5) is 0 Å². The zero-order valence-corrected chi connectivity index (χ0v) is 16.6. The summed E-state index contributed by atoms with van der Waals surface area (Å²) >= 11 is 0. The maximum Gasteiger partial charge on any atom is 0.217 e. The Morgan fingerprint density at radius 3 is 2.33 bits per heavy atom. The number of ether oxygens (including phenoxy) is 3. The second-order valence-electron chi connectivity index (χ2n) is 7.29. The van der Waals surface area contributed by atoms with Crippen molar-refractivity contribution in [3.63, 3.8) is 0 Å². The Morgan fingerprint density at radius 2 is 1.63 bits per heavy atom. The average molecular weight is 373 g/mol. The number of unbranched alkanes of at least 4 members (excludes halogenated alkanes) is 3. The molecule has 0 spiro atoms. The number of benzene rings is 1. The molecule has 148 valence electrons. The molecule has 0 aliphatic carbocycles. The van der Waals surface area contributed by atoms with Crippen LogP contribution in [0.3, 0.4) is 0 Å².